The molecular weight excluding hydrogens is 160 g/mol. The molecule has 1 rings (SSSR count). The van der Waals surface area contributed by atoms with Crippen LogP contribution in [0.15, 0.2) is 0 Å². The third-order valence-corrected chi connectivity index (χ3v) is 2.17. The topological polar surface area (TPSA) is 69.9 Å². The molecule has 0 aromatic rings. The monoisotopic (exact) mass is 176 g/mol. The van der Waals surface area contributed by atoms with Crippen molar-refractivity contribution in [3.05, 3.63) is 0 Å². The van der Waals surface area contributed by atoms with Gasteiger partial charge in [0, 0.05) is 6.42 Å². The first-order chi connectivity index (χ1) is 5.52. The Kier molecular flexibility index (Phi) is 3.06. The fourth-order valence-electron chi connectivity index (χ4n) is 1.50. The summed E-state index contributed by atoms with van der Waals surface area (Å²) in [5.74, 6) is 0. The minimum atomic E-state index is -0.971. The highest BCUT2D eigenvalue weighted by Crippen LogP contribution is 2.21. The molecule has 1 saturated heterocycles. The summed E-state index contributed by atoms with van der Waals surface area (Å²) >= 11 is 0. The maximum atomic E-state index is 9.39. The lowest BCUT2D eigenvalue weighted by molar-refractivity contribution is -0.191. The average molecular weight is 176 g/mol. The number of ether oxygens (including phenoxy) is 1. The standard InChI is InChI=1S/C8H16O4/c1-4-3-6(10)7(11)8(12-4)5(2)9/h4-11H,3H2,1-2H3/t4-,5?,6-,7+,8?/m1/s1. The maximum absolute atomic E-state index is 9.39. The van der Waals surface area contributed by atoms with Gasteiger partial charge in [-0.1, -0.05) is 0 Å². The molecule has 4 heteroatoms. The van der Waals surface area contributed by atoms with Crippen LogP contribution in [0.25, 0.3) is 0 Å². The highest BCUT2D eigenvalue weighted by molar-refractivity contribution is 4.86. The molecule has 0 amide bonds. The number of aliphatic hydroxyl groups is 3. The van der Waals surface area contributed by atoms with Gasteiger partial charge in [-0.25, -0.2) is 0 Å². The summed E-state index contributed by atoms with van der Waals surface area (Å²) in [4.78, 5) is 0. The van der Waals surface area contributed by atoms with Crippen molar-refractivity contribution in [3.8, 4) is 0 Å². The third kappa shape index (κ3) is 1.95. The molecular formula is C8H16O4. The molecule has 1 fully saturated rings. The fourth-order valence-corrected chi connectivity index (χ4v) is 1.50. The average Bonchev–Trinajstić information content (AvgIpc) is 1.96. The van der Waals surface area contributed by atoms with E-state index in [4.69, 9.17) is 4.74 Å². The zero-order chi connectivity index (χ0) is 9.30. The molecule has 0 aromatic carbocycles. The van der Waals surface area contributed by atoms with Gasteiger partial charge < -0.3 is 20.1 Å². The molecule has 0 bridgehead atoms. The van der Waals surface area contributed by atoms with Crippen LogP contribution in [0.2, 0.25) is 0 Å². The molecule has 0 radical (unpaired) electrons. The second-order valence-electron chi connectivity index (χ2n) is 3.45. The minimum absolute atomic E-state index is 0.108. The first kappa shape index (κ1) is 9.92. The Morgan fingerprint density at radius 2 is 2.00 bits per heavy atom. The summed E-state index contributed by atoms with van der Waals surface area (Å²) < 4.78 is 5.27. The predicted molar refractivity (Wildman–Crippen MR) is 42.6 cm³/mol. The Bertz CT molecular complexity index is 148. The summed E-state index contributed by atoms with van der Waals surface area (Å²) in [6.45, 7) is 3.35. The van der Waals surface area contributed by atoms with Gasteiger partial charge in [0.2, 0.25) is 0 Å². The zero-order valence-electron chi connectivity index (χ0n) is 7.34. The van der Waals surface area contributed by atoms with E-state index in [9.17, 15) is 15.3 Å². The van der Waals surface area contributed by atoms with Crippen LogP contribution >= 0.6 is 0 Å². The van der Waals surface area contributed by atoms with Crippen LogP contribution in [0.4, 0.5) is 0 Å². The van der Waals surface area contributed by atoms with Crippen molar-refractivity contribution in [2.45, 2.75) is 50.8 Å². The van der Waals surface area contributed by atoms with Crippen LogP contribution in [-0.2, 0) is 4.74 Å². The third-order valence-electron chi connectivity index (χ3n) is 2.17. The van der Waals surface area contributed by atoms with Gasteiger partial charge in [0.05, 0.1) is 18.3 Å². The van der Waals surface area contributed by atoms with E-state index >= 15 is 0 Å². The molecule has 0 spiro atoms. The molecule has 12 heavy (non-hydrogen) atoms. The van der Waals surface area contributed by atoms with E-state index < -0.39 is 24.4 Å². The highest BCUT2D eigenvalue weighted by Gasteiger charge is 2.37. The van der Waals surface area contributed by atoms with E-state index in [1.54, 1.807) is 6.92 Å². The molecule has 0 saturated carbocycles. The summed E-state index contributed by atoms with van der Waals surface area (Å²) in [7, 11) is 0. The van der Waals surface area contributed by atoms with E-state index in [-0.39, 0.29) is 6.10 Å². The second kappa shape index (κ2) is 3.70. The largest absolute Gasteiger partial charge is 0.391 e. The fraction of sp³-hybridized carbons (Fsp3) is 1.00. The molecule has 5 atom stereocenters. The van der Waals surface area contributed by atoms with E-state index in [0.717, 1.165) is 0 Å². The van der Waals surface area contributed by atoms with E-state index in [2.05, 4.69) is 0 Å². The Morgan fingerprint density at radius 3 is 2.50 bits per heavy atom. The number of hydrogen-bond donors (Lipinski definition) is 3. The summed E-state index contributed by atoms with van der Waals surface area (Å²) in [6.07, 6.45) is -2.86. The van der Waals surface area contributed by atoms with Crippen molar-refractivity contribution >= 4 is 0 Å². The molecule has 4 nitrogen and oxygen atoms in total. The summed E-state index contributed by atoms with van der Waals surface area (Å²) in [6, 6.07) is 0. The lowest BCUT2D eigenvalue weighted by Gasteiger charge is -2.37. The molecule has 1 aliphatic rings. The minimum Gasteiger partial charge on any atom is -0.391 e. The van der Waals surface area contributed by atoms with Crippen molar-refractivity contribution in [1.82, 2.24) is 0 Å². The molecule has 0 aliphatic carbocycles. The maximum Gasteiger partial charge on any atom is 0.112 e. The second-order valence-corrected chi connectivity index (χ2v) is 3.45. The van der Waals surface area contributed by atoms with Crippen molar-refractivity contribution in [1.29, 1.82) is 0 Å². The highest BCUT2D eigenvalue weighted by atomic mass is 16.5. The van der Waals surface area contributed by atoms with Crippen molar-refractivity contribution in [3.63, 3.8) is 0 Å². The Hall–Kier alpha value is -0.160. The number of rotatable bonds is 1. The molecule has 3 N–H and O–H groups in total. The lowest BCUT2D eigenvalue weighted by atomic mass is 9.96. The number of hydrogen-bond acceptors (Lipinski definition) is 4. The summed E-state index contributed by atoms with van der Waals surface area (Å²) in [5, 5.41) is 27.9. The van der Waals surface area contributed by atoms with Crippen LogP contribution in [0, 0.1) is 0 Å². The smallest absolute Gasteiger partial charge is 0.112 e. The van der Waals surface area contributed by atoms with Gasteiger partial charge in [-0.15, -0.1) is 0 Å². The van der Waals surface area contributed by atoms with Crippen molar-refractivity contribution in [2.24, 2.45) is 0 Å². The zero-order valence-corrected chi connectivity index (χ0v) is 7.34. The molecule has 0 aromatic heterocycles. The first-order valence-electron chi connectivity index (χ1n) is 4.22. The van der Waals surface area contributed by atoms with Gasteiger partial charge in [-0.2, -0.15) is 0 Å². The van der Waals surface area contributed by atoms with Crippen LogP contribution in [0.3, 0.4) is 0 Å². The lowest BCUT2D eigenvalue weighted by Crippen LogP contribution is -2.51. The Labute approximate surface area is 71.8 Å². The molecule has 2 unspecified atom stereocenters. The Morgan fingerprint density at radius 1 is 1.42 bits per heavy atom. The first-order valence-corrected chi connectivity index (χ1v) is 4.22. The van der Waals surface area contributed by atoms with Gasteiger partial charge in [-0.3, -0.25) is 0 Å². The van der Waals surface area contributed by atoms with Crippen molar-refractivity contribution in [2.75, 3.05) is 0 Å². The normalized spacial score (nSPS) is 45.8. The predicted octanol–water partition coefficient (Wildman–Crippen LogP) is -0.734. The van der Waals surface area contributed by atoms with Crippen LogP contribution in [0.1, 0.15) is 20.3 Å². The number of aliphatic hydroxyl groups excluding tert-OH is 3. The van der Waals surface area contributed by atoms with Crippen LogP contribution in [-0.4, -0.2) is 45.8 Å². The van der Waals surface area contributed by atoms with E-state index in [1.807, 2.05) is 6.92 Å². The SMILES string of the molecule is CC(O)C1O[C@H](C)C[C@@H](O)[C@@H]1O. The van der Waals surface area contributed by atoms with Gasteiger partial charge in [0.25, 0.3) is 0 Å². The molecule has 1 heterocycles. The van der Waals surface area contributed by atoms with Gasteiger partial charge in [-0.05, 0) is 13.8 Å². The van der Waals surface area contributed by atoms with E-state index in [0.29, 0.717) is 6.42 Å². The van der Waals surface area contributed by atoms with Gasteiger partial charge in [0.1, 0.15) is 12.2 Å². The van der Waals surface area contributed by atoms with Crippen molar-refractivity contribution < 1.29 is 20.1 Å². The molecule has 72 valence electrons. The Balaban J connectivity index is 2.60. The quantitative estimate of drug-likeness (QED) is 0.492. The van der Waals surface area contributed by atoms with E-state index in [1.165, 1.54) is 0 Å². The molecule has 1 aliphatic heterocycles. The van der Waals surface area contributed by atoms with Crippen LogP contribution < -0.4 is 0 Å². The van der Waals surface area contributed by atoms with Crippen LogP contribution in [0.5, 0.6) is 0 Å². The van der Waals surface area contributed by atoms with Gasteiger partial charge >= 0.3 is 0 Å². The van der Waals surface area contributed by atoms with Gasteiger partial charge in [0.15, 0.2) is 0 Å². The summed E-state index contributed by atoms with van der Waals surface area (Å²) in [5.41, 5.74) is 0.